The molecule has 0 radical (unpaired) electrons. The van der Waals surface area contributed by atoms with Gasteiger partial charge in [-0.1, -0.05) is 17.7 Å². The molecule has 3 aliphatic rings. The van der Waals surface area contributed by atoms with E-state index in [0.29, 0.717) is 25.9 Å². The Balaban J connectivity index is 1.28. The third-order valence-electron chi connectivity index (χ3n) is 9.99. The molecule has 5 heterocycles. The van der Waals surface area contributed by atoms with E-state index in [-0.39, 0.29) is 89.9 Å². The molecule has 3 aliphatic heterocycles. The molecular formula is C34H36ClF2N7O3S. The summed E-state index contributed by atoms with van der Waals surface area (Å²) in [6.45, 7) is 6.76. The minimum Gasteiger partial charge on any atom is -0.474 e. The van der Waals surface area contributed by atoms with Gasteiger partial charge >= 0.3 is 12.0 Å². The van der Waals surface area contributed by atoms with Crippen LogP contribution in [0.1, 0.15) is 51.5 Å². The van der Waals surface area contributed by atoms with Gasteiger partial charge in [0.2, 0.25) is 5.88 Å². The largest absolute Gasteiger partial charge is 0.474 e. The molecule has 0 spiro atoms. The van der Waals surface area contributed by atoms with Crippen LogP contribution in [0.15, 0.2) is 18.2 Å². The summed E-state index contributed by atoms with van der Waals surface area (Å²) in [6.07, 6.45) is 3.55. The molecule has 3 fully saturated rings. The van der Waals surface area contributed by atoms with E-state index in [0.717, 1.165) is 43.7 Å². The SMILES string of the molecule is CC1CCN1C(=O)N1CCC(Oc2nc(O[C@@H](C)[C@@H]3CCCN3C)nc3c(F)c(-c4ccc(F)c5sc(N)c(C#N)c45)c(Cl)cc23)CC1. The second-order valence-corrected chi connectivity index (χ2v) is 14.4. The van der Waals surface area contributed by atoms with Crippen molar-refractivity contribution in [2.45, 2.75) is 70.2 Å². The number of urea groups is 1. The molecule has 2 N–H and O–H groups in total. The van der Waals surface area contributed by atoms with Gasteiger partial charge in [0.25, 0.3) is 0 Å². The lowest BCUT2D eigenvalue weighted by Gasteiger charge is -2.43. The van der Waals surface area contributed by atoms with Gasteiger partial charge in [0.05, 0.1) is 20.7 Å². The molecular weight excluding hydrogens is 660 g/mol. The minimum absolute atomic E-state index is 0.00807. The van der Waals surface area contributed by atoms with Crippen LogP contribution >= 0.6 is 22.9 Å². The van der Waals surface area contributed by atoms with Gasteiger partial charge in [-0.2, -0.15) is 15.2 Å². The molecule has 0 saturated carbocycles. The van der Waals surface area contributed by atoms with E-state index in [1.807, 2.05) is 29.8 Å². The van der Waals surface area contributed by atoms with Crippen molar-refractivity contribution < 1.29 is 23.0 Å². The number of hydrogen-bond acceptors (Lipinski definition) is 9. The number of carbonyl (C=O) groups excluding carboxylic acids is 1. The van der Waals surface area contributed by atoms with Gasteiger partial charge in [0, 0.05) is 55.5 Å². The van der Waals surface area contributed by atoms with Crippen LogP contribution in [-0.4, -0.2) is 88.2 Å². The molecule has 2 amide bonds. The molecule has 252 valence electrons. The second-order valence-electron chi connectivity index (χ2n) is 12.9. The van der Waals surface area contributed by atoms with Crippen LogP contribution in [0.3, 0.4) is 0 Å². The van der Waals surface area contributed by atoms with Gasteiger partial charge in [-0.15, -0.1) is 11.3 Å². The zero-order chi connectivity index (χ0) is 33.9. The Kier molecular flexibility index (Phi) is 8.68. The highest BCUT2D eigenvalue weighted by Gasteiger charge is 2.35. The zero-order valence-electron chi connectivity index (χ0n) is 26.9. The van der Waals surface area contributed by atoms with Crippen molar-refractivity contribution in [1.29, 1.82) is 5.26 Å². The lowest BCUT2D eigenvalue weighted by Crippen LogP contribution is -2.56. The van der Waals surface area contributed by atoms with Crippen molar-refractivity contribution in [2.24, 2.45) is 0 Å². The summed E-state index contributed by atoms with van der Waals surface area (Å²) in [5, 5.41) is 10.4. The van der Waals surface area contributed by atoms with Gasteiger partial charge in [0.1, 0.15) is 34.6 Å². The smallest absolute Gasteiger partial charge is 0.320 e. The third kappa shape index (κ3) is 5.63. The number of nitriles is 1. The second kappa shape index (κ2) is 12.8. The highest BCUT2D eigenvalue weighted by atomic mass is 35.5. The number of rotatable bonds is 6. The Bertz CT molecular complexity index is 1960. The van der Waals surface area contributed by atoms with Crippen LogP contribution in [0.25, 0.3) is 32.1 Å². The number of anilines is 1. The maximum absolute atomic E-state index is 16.9. The lowest BCUT2D eigenvalue weighted by atomic mass is 9.97. The van der Waals surface area contributed by atoms with E-state index >= 15 is 4.39 Å². The summed E-state index contributed by atoms with van der Waals surface area (Å²) in [7, 11) is 2.04. The number of likely N-dealkylation sites (tertiary alicyclic amines) is 3. The summed E-state index contributed by atoms with van der Waals surface area (Å²) in [6, 6.07) is 6.55. The number of piperidine rings is 1. The number of ether oxygens (including phenoxy) is 2. The fourth-order valence-corrected chi connectivity index (χ4v) is 8.37. The summed E-state index contributed by atoms with van der Waals surface area (Å²) in [5.41, 5.74) is 6.21. The van der Waals surface area contributed by atoms with Gasteiger partial charge < -0.3 is 25.0 Å². The van der Waals surface area contributed by atoms with Crippen LogP contribution in [-0.2, 0) is 0 Å². The Labute approximate surface area is 286 Å². The Morgan fingerprint density at radius 3 is 2.58 bits per heavy atom. The maximum atomic E-state index is 16.9. The number of likely N-dealkylation sites (N-methyl/N-ethyl adjacent to an activating group) is 1. The highest BCUT2D eigenvalue weighted by Crippen LogP contribution is 2.46. The first-order chi connectivity index (χ1) is 23.0. The fraction of sp³-hybridized carbons (Fsp3) is 0.471. The average molecular weight is 696 g/mol. The Morgan fingerprint density at radius 2 is 1.94 bits per heavy atom. The summed E-state index contributed by atoms with van der Waals surface area (Å²) >= 11 is 7.72. The topological polar surface area (TPSA) is 121 Å². The predicted octanol–water partition coefficient (Wildman–Crippen LogP) is 6.82. The van der Waals surface area contributed by atoms with E-state index in [4.69, 9.17) is 26.8 Å². The maximum Gasteiger partial charge on any atom is 0.320 e. The van der Waals surface area contributed by atoms with E-state index in [9.17, 15) is 14.4 Å². The van der Waals surface area contributed by atoms with Crippen molar-refractivity contribution in [3.63, 3.8) is 0 Å². The van der Waals surface area contributed by atoms with Crippen LogP contribution in [0.2, 0.25) is 5.02 Å². The van der Waals surface area contributed by atoms with E-state index < -0.39 is 11.6 Å². The number of amides is 2. The molecule has 2 aromatic heterocycles. The van der Waals surface area contributed by atoms with E-state index in [1.165, 1.54) is 18.2 Å². The summed E-state index contributed by atoms with van der Waals surface area (Å²) in [4.78, 5) is 28.1. The number of nitrogens with two attached hydrogens (primary N) is 1. The standard InChI is InChI=1S/C34H36ClF2N7O3S/c1-17-8-14-44(17)34(45)43-12-9-19(10-13-43)47-32-21-15-23(35)27(20-6-7-24(36)30-26(20)22(16-38)31(39)48-30)28(37)29(21)40-33(41-32)46-18(2)25-5-4-11-42(25)3/h6-7,15,17-19,25H,4-5,8-14,39H2,1-3H3/t17?,18-,25-/m0/s1. The summed E-state index contributed by atoms with van der Waals surface area (Å²) in [5.74, 6) is -1.24. The highest BCUT2D eigenvalue weighted by molar-refractivity contribution is 7.23. The molecule has 2 aromatic carbocycles. The minimum atomic E-state index is -0.786. The van der Waals surface area contributed by atoms with E-state index in [1.54, 1.807) is 0 Å². The fourth-order valence-electron chi connectivity index (χ4n) is 7.13. The van der Waals surface area contributed by atoms with E-state index in [2.05, 4.69) is 21.8 Å². The van der Waals surface area contributed by atoms with Gasteiger partial charge in [0.15, 0.2) is 5.82 Å². The first-order valence-corrected chi connectivity index (χ1v) is 17.4. The normalized spacial score (nSPS) is 21.0. The molecule has 10 nitrogen and oxygen atoms in total. The number of aromatic nitrogens is 2. The number of nitrogens with zero attached hydrogens (tertiary/aromatic N) is 6. The Morgan fingerprint density at radius 1 is 1.17 bits per heavy atom. The van der Waals surface area contributed by atoms with Crippen molar-refractivity contribution >= 4 is 55.0 Å². The quantitative estimate of drug-likeness (QED) is 0.234. The lowest BCUT2D eigenvalue weighted by molar-refractivity contribution is 0.0639. The number of halogens is 3. The number of carbonyl (C=O) groups is 1. The third-order valence-corrected chi connectivity index (χ3v) is 11.3. The van der Waals surface area contributed by atoms with Crippen LogP contribution in [0.4, 0.5) is 18.6 Å². The molecule has 48 heavy (non-hydrogen) atoms. The van der Waals surface area contributed by atoms with Crippen LogP contribution < -0.4 is 15.2 Å². The number of nitrogen functional groups attached to an aromatic ring is 1. The van der Waals surface area contributed by atoms with Crippen molar-refractivity contribution in [3.05, 3.63) is 40.4 Å². The van der Waals surface area contributed by atoms with Crippen molar-refractivity contribution in [2.75, 3.05) is 39.0 Å². The molecule has 1 unspecified atom stereocenters. The van der Waals surface area contributed by atoms with Gasteiger partial charge in [-0.05, 0) is 64.4 Å². The van der Waals surface area contributed by atoms with Crippen molar-refractivity contribution in [1.82, 2.24) is 24.7 Å². The molecule has 3 atom stereocenters. The number of fused-ring (bicyclic) bond motifs is 2. The van der Waals surface area contributed by atoms with Crippen LogP contribution in [0.5, 0.6) is 11.9 Å². The number of hydrogen-bond donors (Lipinski definition) is 1. The van der Waals surface area contributed by atoms with Gasteiger partial charge in [-0.25, -0.2) is 13.6 Å². The molecule has 3 saturated heterocycles. The molecule has 7 rings (SSSR count). The van der Waals surface area contributed by atoms with Gasteiger partial charge in [-0.3, -0.25) is 4.90 Å². The zero-order valence-corrected chi connectivity index (χ0v) is 28.5. The monoisotopic (exact) mass is 695 g/mol. The van der Waals surface area contributed by atoms with Crippen molar-refractivity contribution in [3.8, 4) is 29.1 Å². The van der Waals surface area contributed by atoms with Crippen LogP contribution in [0, 0.1) is 23.0 Å². The molecule has 0 aliphatic carbocycles. The summed E-state index contributed by atoms with van der Waals surface area (Å²) < 4.78 is 44.6. The predicted molar refractivity (Wildman–Crippen MR) is 182 cm³/mol. The Hall–Kier alpha value is -3.99. The molecule has 14 heteroatoms. The first kappa shape index (κ1) is 32.6. The average Bonchev–Trinajstić information content (AvgIpc) is 3.64. The number of thiophene rings is 1. The number of benzene rings is 2. The first-order valence-electron chi connectivity index (χ1n) is 16.3. The molecule has 0 bridgehead atoms. The molecule has 4 aromatic rings.